The monoisotopic (exact) mass is 296 g/mol. The van der Waals surface area contributed by atoms with Crippen LogP contribution in [-0.2, 0) is 17.6 Å². The van der Waals surface area contributed by atoms with Gasteiger partial charge in [0.15, 0.2) is 0 Å². The zero-order valence-corrected chi connectivity index (χ0v) is 13.0. The summed E-state index contributed by atoms with van der Waals surface area (Å²) in [7, 11) is 0. The van der Waals surface area contributed by atoms with Crippen LogP contribution in [0.3, 0.4) is 0 Å². The van der Waals surface area contributed by atoms with Gasteiger partial charge in [-0.1, -0.05) is 30.3 Å². The molecule has 3 heteroatoms. The largest absolute Gasteiger partial charge is 0.365 e. The molecular formula is C19H24N2O. The Morgan fingerprint density at radius 1 is 1.09 bits per heavy atom. The van der Waals surface area contributed by atoms with E-state index in [1.165, 1.54) is 5.56 Å². The SMILES string of the molecule is O=C(CCc1ccc[nH]1)N1CCC(Cc2ccccc2)CC1. The lowest BCUT2D eigenvalue weighted by atomic mass is 9.90. The normalized spacial score (nSPS) is 15.9. The minimum atomic E-state index is 0.299. The number of carbonyl (C=O) groups is 1. The fraction of sp³-hybridized carbons (Fsp3) is 0.421. The fourth-order valence-electron chi connectivity index (χ4n) is 3.26. The Balaban J connectivity index is 1.42. The molecule has 1 aliphatic rings. The molecule has 1 amide bonds. The average molecular weight is 296 g/mol. The maximum atomic E-state index is 12.3. The summed E-state index contributed by atoms with van der Waals surface area (Å²) < 4.78 is 0. The van der Waals surface area contributed by atoms with E-state index in [-0.39, 0.29) is 0 Å². The molecule has 1 saturated heterocycles. The molecule has 1 aromatic carbocycles. The summed E-state index contributed by atoms with van der Waals surface area (Å²) in [5.41, 5.74) is 2.56. The molecule has 3 rings (SSSR count). The lowest BCUT2D eigenvalue weighted by Crippen LogP contribution is -2.39. The van der Waals surface area contributed by atoms with Gasteiger partial charge >= 0.3 is 0 Å². The molecule has 22 heavy (non-hydrogen) atoms. The molecule has 0 unspecified atom stereocenters. The summed E-state index contributed by atoms with van der Waals surface area (Å²) in [6, 6.07) is 14.7. The third-order valence-corrected chi connectivity index (χ3v) is 4.61. The van der Waals surface area contributed by atoms with E-state index in [1.54, 1.807) is 0 Å². The number of carbonyl (C=O) groups excluding carboxylic acids is 1. The van der Waals surface area contributed by atoms with Crippen molar-refractivity contribution in [3.63, 3.8) is 0 Å². The Labute approximate surface area is 132 Å². The van der Waals surface area contributed by atoms with E-state index in [2.05, 4.69) is 35.3 Å². The van der Waals surface area contributed by atoms with Crippen LogP contribution in [0.15, 0.2) is 48.7 Å². The maximum absolute atomic E-state index is 12.3. The zero-order valence-electron chi connectivity index (χ0n) is 13.0. The van der Waals surface area contributed by atoms with Crippen molar-refractivity contribution in [2.24, 2.45) is 5.92 Å². The number of piperidine rings is 1. The summed E-state index contributed by atoms with van der Waals surface area (Å²) in [6.45, 7) is 1.84. The number of hydrogen-bond acceptors (Lipinski definition) is 1. The molecule has 1 N–H and O–H groups in total. The van der Waals surface area contributed by atoms with Crippen LogP contribution >= 0.6 is 0 Å². The van der Waals surface area contributed by atoms with E-state index in [0.29, 0.717) is 12.3 Å². The summed E-state index contributed by atoms with van der Waals surface area (Å²) >= 11 is 0. The summed E-state index contributed by atoms with van der Waals surface area (Å²) in [5, 5.41) is 0. The van der Waals surface area contributed by atoms with Gasteiger partial charge in [0.2, 0.25) is 5.91 Å². The minimum absolute atomic E-state index is 0.299. The van der Waals surface area contributed by atoms with Gasteiger partial charge in [-0.25, -0.2) is 0 Å². The quantitative estimate of drug-likeness (QED) is 0.901. The first-order valence-corrected chi connectivity index (χ1v) is 8.25. The third kappa shape index (κ3) is 4.00. The number of aryl methyl sites for hydroxylation is 1. The van der Waals surface area contributed by atoms with E-state index in [9.17, 15) is 4.79 Å². The number of benzene rings is 1. The number of nitrogens with one attached hydrogen (secondary N) is 1. The van der Waals surface area contributed by atoms with E-state index in [1.807, 2.05) is 23.2 Å². The van der Waals surface area contributed by atoms with Gasteiger partial charge in [0.05, 0.1) is 0 Å². The zero-order chi connectivity index (χ0) is 15.2. The van der Waals surface area contributed by atoms with Crippen LogP contribution in [0.4, 0.5) is 0 Å². The molecule has 0 aliphatic carbocycles. The van der Waals surface area contributed by atoms with Gasteiger partial charge in [-0.3, -0.25) is 4.79 Å². The molecule has 0 bridgehead atoms. The van der Waals surface area contributed by atoms with Crippen molar-refractivity contribution in [1.29, 1.82) is 0 Å². The van der Waals surface area contributed by atoms with Crippen LogP contribution in [0.2, 0.25) is 0 Å². The van der Waals surface area contributed by atoms with Gasteiger partial charge in [0.25, 0.3) is 0 Å². The van der Waals surface area contributed by atoms with Gasteiger partial charge in [-0.15, -0.1) is 0 Å². The summed E-state index contributed by atoms with van der Waals surface area (Å²) in [6.07, 6.45) is 6.74. The number of amides is 1. The van der Waals surface area contributed by atoms with Crippen molar-refractivity contribution in [1.82, 2.24) is 9.88 Å². The van der Waals surface area contributed by atoms with Crippen LogP contribution in [0.5, 0.6) is 0 Å². The number of H-pyrrole nitrogens is 1. The van der Waals surface area contributed by atoms with E-state index in [4.69, 9.17) is 0 Å². The van der Waals surface area contributed by atoms with Gasteiger partial charge in [-0.2, -0.15) is 0 Å². The predicted octanol–water partition coefficient (Wildman–Crippen LogP) is 3.43. The highest BCUT2D eigenvalue weighted by molar-refractivity contribution is 5.76. The fourth-order valence-corrected chi connectivity index (χ4v) is 3.26. The molecule has 0 saturated carbocycles. The van der Waals surface area contributed by atoms with Gasteiger partial charge < -0.3 is 9.88 Å². The second-order valence-electron chi connectivity index (χ2n) is 6.21. The maximum Gasteiger partial charge on any atom is 0.222 e. The first kappa shape index (κ1) is 14.9. The Morgan fingerprint density at radius 2 is 1.86 bits per heavy atom. The molecule has 116 valence electrons. The topological polar surface area (TPSA) is 36.1 Å². The van der Waals surface area contributed by atoms with Crippen LogP contribution in [0.25, 0.3) is 0 Å². The molecule has 0 spiro atoms. The van der Waals surface area contributed by atoms with Crippen molar-refractivity contribution in [2.45, 2.75) is 32.1 Å². The average Bonchev–Trinajstić information content (AvgIpc) is 3.08. The van der Waals surface area contributed by atoms with Crippen LogP contribution in [0, 0.1) is 5.92 Å². The van der Waals surface area contributed by atoms with Crippen molar-refractivity contribution < 1.29 is 4.79 Å². The lowest BCUT2D eigenvalue weighted by molar-refractivity contribution is -0.132. The molecular weight excluding hydrogens is 272 g/mol. The van der Waals surface area contributed by atoms with Crippen LogP contribution in [-0.4, -0.2) is 28.9 Å². The van der Waals surface area contributed by atoms with Gasteiger partial charge in [0, 0.05) is 31.4 Å². The molecule has 1 aliphatic heterocycles. The highest BCUT2D eigenvalue weighted by Crippen LogP contribution is 2.22. The smallest absolute Gasteiger partial charge is 0.222 e. The minimum Gasteiger partial charge on any atom is -0.365 e. The molecule has 1 fully saturated rings. The van der Waals surface area contributed by atoms with Crippen molar-refractivity contribution >= 4 is 5.91 Å². The van der Waals surface area contributed by atoms with Crippen LogP contribution < -0.4 is 0 Å². The van der Waals surface area contributed by atoms with E-state index in [0.717, 1.165) is 50.4 Å². The first-order valence-electron chi connectivity index (χ1n) is 8.25. The predicted molar refractivity (Wildman–Crippen MR) is 88.6 cm³/mol. The highest BCUT2D eigenvalue weighted by Gasteiger charge is 2.22. The number of likely N-dealkylation sites (tertiary alicyclic amines) is 1. The Morgan fingerprint density at radius 3 is 2.55 bits per heavy atom. The van der Waals surface area contributed by atoms with Gasteiger partial charge in [-0.05, 0) is 49.3 Å². The molecule has 0 atom stereocenters. The number of hydrogen-bond donors (Lipinski definition) is 1. The standard InChI is InChI=1S/C19H24N2O/c22-19(9-8-18-7-4-12-20-18)21-13-10-17(11-14-21)15-16-5-2-1-3-6-16/h1-7,12,17,20H,8-11,13-15H2. The number of nitrogens with zero attached hydrogens (tertiary/aromatic N) is 1. The molecule has 2 aromatic rings. The highest BCUT2D eigenvalue weighted by atomic mass is 16.2. The van der Waals surface area contributed by atoms with Crippen LogP contribution in [0.1, 0.15) is 30.5 Å². The Kier molecular flexibility index (Phi) is 4.94. The number of rotatable bonds is 5. The molecule has 1 aromatic heterocycles. The Bertz CT molecular complexity index is 569. The first-order chi connectivity index (χ1) is 10.8. The lowest BCUT2D eigenvalue weighted by Gasteiger charge is -2.32. The van der Waals surface area contributed by atoms with Crippen molar-refractivity contribution in [3.05, 3.63) is 59.9 Å². The molecule has 0 radical (unpaired) electrons. The second-order valence-corrected chi connectivity index (χ2v) is 6.21. The second kappa shape index (κ2) is 7.30. The van der Waals surface area contributed by atoms with E-state index >= 15 is 0 Å². The number of aromatic nitrogens is 1. The summed E-state index contributed by atoms with van der Waals surface area (Å²) in [5.74, 6) is 1.02. The third-order valence-electron chi connectivity index (χ3n) is 4.61. The number of aromatic amines is 1. The van der Waals surface area contributed by atoms with E-state index < -0.39 is 0 Å². The molecule has 2 heterocycles. The van der Waals surface area contributed by atoms with Crippen molar-refractivity contribution in [3.8, 4) is 0 Å². The Hall–Kier alpha value is -2.03. The molecule has 3 nitrogen and oxygen atoms in total. The summed E-state index contributed by atoms with van der Waals surface area (Å²) in [4.78, 5) is 17.5. The van der Waals surface area contributed by atoms with Crippen molar-refractivity contribution in [2.75, 3.05) is 13.1 Å². The van der Waals surface area contributed by atoms with Gasteiger partial charge in [0.1, 0.15) is 0 Å².